The average molecular weight is 361 g/mol. The molecule has 2 fully saturated rings. The summed E-state index contributed by atoms with van der Waals surface area (Å²) in [6, 6.07) is 11.1. The van der Waals surface area contributed by atoms with Crippen LogP contribution in [0, 0.1) is 18.8 Å². The van der Waals surface area contributed by atoms with Crippen LogP contribution in [0.4, 0.5) is 0 Å². The number of fused-ring (bicyclic) bond motifs is 1. The zero-order chi connectivity index (χ0) is 16.7. The molecule has 0 radical (unpaired) electrons. The van der Waals surface area contributed by atoms with E-state index in [4.69, 9.17) is 0 Å². The van der Waals surface area contributed by atoms with Crippen LogP contribution < -0.4 is 10.9 Å². The summed E-state index contributed by atoms with van der Waals surface area (Å²) in [5.41, 5.74) is 2.39. The summed E-state index contributed by atoms with van der Waals surface area (Å²) in [5, 5.41) is 9.73. The van der Waals surface area contributed by atoms with E-state index in [1.807, 2.05) is 17.0 Å². The lowest BCUT2D eigenvalue weighted by Gasteiger charge is -2.29. The lowest BCUT2D eigenvalue weighted by Crippen LogP contribution is -2.35. The highest BCUT2D eigenvalue weighted by atomic mass is 35.5. The molecule has 0 bridgehead atoms. The maximum Gasteiger partial charge on any atom is 0.274 e. The SMILES string of the molecule is Cc1ccccc1[C@H]1[C@H]2CNC[C@H]2CN1C(=O)c1ccc(=O)[nH]n1.Cl. The van der Waals surface area contributed by atoms with Crippen LogP contribution in [-0.4, -0.2) is 40.6 Å². The molecule has 132 valence electrons. The molecule has 2 aliphatic rings. The number of hydrogen-bond donors (Lipinski definition) is 2. The van der Waals surface area contributed by atoms with Crippen molar-refractivity contribution in [1.82, 2.24) is 20.4 Å². The third kappa shape index (κ3) is 3.07. The topological polar surface area (TPSA) is 78.1 Å². The monoisotopic (exact) mass is 360 g/mol. The van der Waals surface area contributed by atoms with Crippen LogP contribution in [-0.2, 0) is 0 Å². The summed E-state index contributed by atoms with van der Waals surface area (Å²) in [5.74, 6) is 0.757. The minimum Gasteiger partial charge on any atom is -0.330 e. The number of hydrogen-bond acceptors (Lipinski definition) is 4. The van der Waals surface area contributed by atoms with Gasteiger partial charge in [0.2, 0.25) is 0 Å². The summed E-state index contributed by atoms with van der Waals surface area (Å²) in [7, 11) is 0. The molecule has 0 aliphatic carbocycles. The molecule has 25 heavy (non-hydrogen) atoms. The zero-order valence-electron chi connectivity index (χ0n) is 13.9. The van der Waals surface area contributed by atoms with Crippen molar-refractivity contribution in [3.05, 3.63) is 63.6 Å². The van der Waals surface area contributed by atoms with Gasteiger partial charge in [-0.05, 0) is 30.0 Å². The van der Waals surface area contributed by atoms with Gasteiger partial charge < -0.3 is 10.2 Å². The molecule has 2 aliphatic heterocycles. The van der Waals surface area contributed by atoms with Crippen molar-refractivity contribution in [2.75, 3.05) is 19.6 Å². The molecule has 6 nitrogen and oxygen atoms in total. The highest BCUT2D eigenvalue weighted by Gasteiger charge is 2.47. The zero-order valence-corrected chi connectivity index (χ0v) is 14.8. The Kier molecular flexibility index (Phi) is 4.92. The molecule has 3 atom stereocenters. The number of aryl methyl sites for hydroxylation is 1. The maximum atomic E-state index is 13.0. The maximum absolute atomic E-state index is 13.0. The van der Waals surface area contributed by atoms with Crippen molar-refractivity contribution < 1.29 is 4.79 Å². The minimum atomic E-state index is -0.301. The highest BCUT2D eigenvalue weighted by Crippen LogP contribution is 2.43. The molecule has 1 amide bonds. The van der Waals surface area contributed by atoms with E-state index in [2.05, 4.69) is 34.6 Å². The smallest absolute Gasteiger partial charge is 0.274 e. The molecular weight excluding hydrogens is 340 g/mol. The number of halogens is 1. The van der Waals surface area contributed by atoms with E-state index in [0.29, 0.717) is 17.5 Å². The fraction of sp³-hybridized carbons (Fsp3) is 0.389. The van der Waals surface area contributed by atoms with Crippen molar-refractivity contribution in [1.29, 1.82) is 0 Å². The quantitative estimate of drug-likeness (QED) is 0.851. The number of carbonyl (C=O) groups is 1. The first-order valence-corrected chi connectivity index (χ1v) is 8.28. The number of nitrogens with zero attached hydrogens (tertiary/aromatic N) is 2. The fourth-order valence-electron chi connectivity index (χ4n) is 4.06. The predicted octanol–water partition coefficient (Wildman–Crippen LogP) is 1.53. The van der Waals surface area contributed by atoms with Gasteiger partial charge >= 0.3 is 0 Å². The number of carbonyl (C=O) groups excluding carboxylic acids is 1. The van der Waals surface area contributed by atoms with Gasteiger partial charge in [0.05, 0.1) is 6.04 Å². The number of aromatic nitrogens is 2. The van der Waals surface area contributed by atoms with Crippen LogP contribution in [0.2, 0.25) is 0 Å². The summed E-state index contributed by atoms with van der Waals surface area (Å²) >= 11 is 0. The number of likely N-dealkylation sites (tertiary alicyclic amines) is 1. The van der Waals surface area contributed by atoms with Crippen LogP contribution in [0.3, 0.4) is 0 Å². The average Bonchev–Trinajstić information content (AvgIpc) is 3.16. The molecule has 0 unspecified atom stereocenters. The first-order chi connectivity index (χ1) is 11.6. The summed E-state index contributed by atoms with van der Waals surface area (Å²) in [6.45, 7) is 4.67. The largest absolute Gasteiger partial charge is 0.330 e. The molecule has 2 aromatic rings. The van der Waals surface area contributed by atoms with Crippen molar-refractivity contribution >= 4 is 18.3 Å². The molecule has 0 saturated carbocycles. The van der Waals surface area contributed by atoms with Gasteiger partial charge in [0.25, 0.3) is 11.5 Å². The van der Waals surface area contributed by atoms with E-state index in [1.165, 1.54) is 23.3 Å². The predicted molar refractivity (Wildman–Crippen MR) is 96.9 cm³/mol. The van der Waals surface area contributed by atoms with Crippen molar-refractivity contribution in [2.24, 2.45) is 11.8 Å². The number of rotatable bonds is 2. The van der Waals surface area contributed by atoms with E-state index in [0.717, 1.165) is 19.6 Å². The molecule has 3 heterocycles. The Labute approximate surface area is 152 Å². The highest BCUT2D eigenvalue weighted by molar-refractivity contribution is 5.92. The lowest BCUT2D eigenvalue weighted by atomic mass is 9.87. The van der Waals surface area contributed by atoms with Crippen LogP contribution in [0.1, 0.15) is 27.7 Å². The molecule has 4 rings (SSSR count). The van der Waals surface area contributed by atoms with Crippen molar-refractivity contribution in [3.63, 3.8) is 0 Å². The Hall–Kier alpha value is -2.18. The normalized spacial score (nSPS) is 24.7. The van der Waals surface area contributed by atoms with Crippen LogP contribution in [0.15, 0.2) is 41.2 Å². The Morgan fingerprint density at radius 1 is 1.20 bits per heavy atom. The summed E-state index contributed by atoms with van der Waals surface area (Å²) in [4.78, 5) is 26.1. The number of aromatic amines is 1. The Balaban J connectivity index is 0.00000182. The first-order valence-electron chi connectivity index (χ1n) is 8.28. The van der Waals surface area contributed by atoms with Crippen LogP contribution in [0.5, 0.6) is 0 Å². The molecule has 7 heteroatoms. The van der Waals surface area contributed by atoms with Gasteiger partial charge in [0.1, 0.15) is 5.69 Å². The van der Waals surface area contributed by atoms with Gasteiger partial charge in [-0.15, -0.1) is 12.4 Å². The second kappa shape index (κ2) is 6.98. The Bertz CT molecular complexity index is 817. The van der Waals surface area contributed by atoms with Crippen molar-refractivity contribution in [2.45, 2.75) is 13.0 Å². The molecule has 2 N–H and O–H groups in total. The lowest BCUT2D eigenvalue weighted by molar-refractivity contribution is 0.0706. The molecule has 2 saturated heterocycles. The number of benzene rings is 1. The van der Waals surface area contributed by atoms with Gasteiger partial charge in [0, 0.05) is 31.6 Å². The van der Waals surface area contributed by atoms with E-state index < -0.39 is 0 Å². The number of nitrogens with one attached hydrogen (secondary N) is 2. The minimum absolute atomic E-state index is 0. The van der Waals surface area contributed by atoms with Gasteiger partial charge in [-0.25, -0.2) is 5.10 Å². The Morgan fingerprint density at radius 2 is 2.00 bits per heavy atom. The molecule has 1 aromatic heterocycles. The number of amides is 1. The second-order valence-electron chi connectivity index (χ2n) is 6.65. The number of H-pyrrole nitrogens is 1. The van der Waals surface area contributed by atoms with E-state index in [9.17, 15) is 9.59 Å². The van der Waals surface area contributed by atoms with Gasteiger partial charge in [-0.2, -0.15) is 5.10 Å². The molecule has 0 spiro atoms. The van der Waals surface area contributed by atoms with E-state index in [1.54, 1.807) is 0 Å². The third-order valence-electron chi connectivity index (χ3n) is 5.23. The Morgan fingerprint density at radius 3 is 2.72 bits per heavy atom. The molecule has 1 aromatic carbocycles. The summed E-state index contributed by atoms with van der Waals surface area (Å²) < 4.78 is 0. The molecular formula is C18H21ClN4O2. The summed E-state index contributed by atoms with van der Waals surface area (Å²) in [6.07, 6.45) is 0. The van der Waals surface area contributed by atoms with Gasteiger partial charge in [-0.1, -0.05) is 24.3 Å². The van der Waals surface area contributed by atoms with Crippen molar-refractivity contribution in [3.8, 4) is 0 Å². The first kappa shape index (κ1) is 17.6. The van der Waals surface area contributed by atoms with Gasteiger partial charge in [-0.3, -0.25) is 9.59 Å². The van der Waals surface area contributed by atoms with Gasteiger partial charge in [0.15, 0.2) is 0 Å². The standard InChI is InChI=1S/C18H20N4O2.ClH/c1-11-4-2-3-5-13(11)17-14-9-19-8-12(14)10-22(17)18(24)15-6-7-16(23)21-20-15;/h2-7,12,14,17,19H,8-10H2,1H3,(H,21,23);1H/t12-,14-,17-;/m0./s1. The fourth-order valence-corrected chi connectivity index (χ4v) is 4.06. The van der Waals surface area contributed by atoms with Crippen LogP contribution in [0.25, 0.3) is 0 Å². The second-order valence-corrected chi connectivity index (χ2v) is 6.65. The van der Waals surface area contributed by atoms with Crippen LogP contribution >= 0.6 is 12.4 Å². The van der Waals surface area contributed by atoms with E-state index >= 15 is 0 Å². The third-order valence-corrected chi connectivity index (χ3v) is 5.23. The van der Waals surface area contributed by atoms with E-state index in [-0.39, 0.29) is 29.9 Å².